The van der Waals surface area contributed by atoms with Crippen LogP contribution in [0.2, 0.25) is 0 Å². The number of benzene rings is 1. The second-order valence-corrected chi connectivity index (χ2v) is 7.09. The van der Waals surface area contributed by atoms with Gasteiger partial charge in [-0.05, 0) is 36.5 Å². The highest BCUT2D eigenvalue weighted by Gasteiger charge is 2.24. The van der Waals surface area contributed by atoms with Crippen LogP contribution in [0.5, 0.6) is 0 Å². The van der Waals surface area contributed by atoms with Crippen LogP contribution in [0.1, 0.15) is 39.8 Å². The van der Waals surface area contributed by atoms with E-state index in [1.807, 2.05) is 0 Å². The summed E-state index contributed by atoms with van der Waals surface area (Å²) in [5, 5.41) is 11.8. The van der Waals surface area contributed by atoms with Gasteiger partial charge in [0.25, 0.3) is 5.91 Å². The van der Waals surface area contributed by atoms with Gasteiger partial charge in [-0.15, -0.1) is 10.2 Å². The van der Waals surface area contributed by atoms with Gasteiger partial charge in [0.05, 0.1) is 0 Å². The maximum Gasteiger partial charge on any atom is 0.279 e. The Morgan fingerprint density at radius 2 is 2.08 bits per heavy atom. The van der Waals surface area contributed by atoms with Crippen LogP contribution < -0.4 is 5.32 Å². The first-order valence-electron chi connectivity index (χ1n) is 7.98. The molecule has 2 heterocycles. The number of nitrogens with zero attached hydrogens (tertiary/aromatic N) is 3. The van der Waals surface area contributed by atoms with E-state index >= 15 is 0 Å². The van der Waals surface area contributed by atoms with Crippen LogP contribution in [-0.2, 0) is 12.8 Å². The number of carbonyl (C=O) groups excluding carboxylic acids is 1. The first kappa shape index (κ1) is 15.9. The summed E-state index contributed by atoms with van der Waals surface area (Å²) in [6, 6.07) is 6.21. The fraction of sp³-hybridized carbons (Fsp3) is 0.294. The largest absolute Gasteiger partial charge is 0.448 e. The molecule has 128 valence electrons. The van der Waals surface area contributed by atoms with Gasteiger partial charge in [-0.3, -0.25) is 10.1 Å². The average Bonchev–Trinajstić information content (AvgIpc) is 3.10. The second kappa shape index (κ2) is 6.72. The van der Waals surface area contributed by atoms with Gasteiger partial charge in [-0.2, -0.15) is 0 Å². The number of nitrogens with one attached hydrogen (secondary N) is 1. The van der Waals surface area contributed by atoms with Crippen molar-refractivity contribution in [3.05, 3.63) is 58.5 Å². The molecule has 0 bridgehead atoms. The number of hydrogen-bond acceptors (Lipinski definition) is 6. The lowest BCUT2D eigenvalue weighted by Gasteiger charge is -1.97. The van der Waals surface area contributed by atoms with Gasteiger partial charge < -0.3 is 4.42 Å². The molecule has 6 nitrogen and oxygen atoms in total. The Labute approximate surface area is 147 Å². The monoisotopic (exact) mass is 358 g/mol. The lowest BCUT2D eigenvalue weighted by Crippen LogP contribution is -2.12. The minimum absolute atomic E-state index is 0.242. The number of oxazole rings is 1. The van der Waals surface area contributed by atoms with E-state index in [1.54, 1.807) is 12.1 Å². The molecule has 2 aromatic heterocycles. The number of hydrogen-bond donors (Lipinski definition) is 1. The summed E-state index contributed by atoms with van der Waals surface area (Å²) in [5.74, 6) is 0.603. The highest BCUT2D eigenvalue weighted by atomic mass is 32.1. The van der Waals surface area contributed by atoms with E-state index in [0.29, 0.717) is 23.4 Å². The van der Waals surface area contributed by atoms with Gasteiger partial charge in [0.1, 0.15) is 17.1 Å². The molecule has 1 saturated carbocycles. The van der Waals surface area contributed by atoms with Gasteiger partial charge in [0.15, 0.2) is 11.6 Å². The van der Waals surface area contributed by atoms with E-state index in [4.69, 9.17) is 4.42 Å². The number of amides is 1. The van der Waals surface area contributed by atoms with Crippen molar-refractivity contribution in [3.63, 3.8) is 0 Å². The molecule has 1 aliphatic carbocycles. The molecule has 0 radical (unpaired) electrons. The van der Waals surface area contributed by atoms with Crippen molar-refractivity contribution >= 4 is 22.4 Å². The van der Waals surface area contributed by atoms with Crippen LogP contribution in [0.4, 0.5) is 9.52 Å². The zero-order valence-electron chi connectivity index (χ0n) is 13.2. The van der Waals surface area contributed by atoms with E-state index in [-0.39, 0.29) is 17.4 Å². The predicted octanol–water partition coefficient (Wildman–Crippen LogP) is 3.46. The summed E-state index contributed by atoms with van der Waals surface area (Å²) in [6.07, 6.45) is 5.09. The predicted molar refractivity (Wildman–Crippen MR) is 90.0 cm³/mol. The van der Waals surface area contributed by atoms with Crippen LogP contribution in [0.3, 0.4) is 0 Å². The molecule has 1 amide bonds. The standard InChI is InChI=1S/C17H15FN4O2S/c18-12-5-3-11(4-6-12)8-15-21-22-17(25-15)20-16(23)13-9-24-14(19-13)7-10-1-2-10/h3-6,9-10H,1-2,7-8H2,(H,20,22,23). The van der Waals surface area contributed by atoms with E-state index in [1.165, 1.54) is 42.6 Å². The third-order valence-corrected chi connectivity index (χ3v) is 4.74. The zero-order chi connectivity index (χ0) is 17.2. The van der Waals surface area contributed by atoms with Gasteiger partial charge >= 0.3 is 0 Å². The SMILES string of the molecule is O=C(Nc1nnc(Cc2ccc(F)cc2)s1)c1coc(CC2CC2)n1. The molecule has 0 saturated heterocycles. The van der Waals surface area contributed by atoms with Gasteiger partial charge in [0.2, 0.25) is 5.13 Å². The number of aromatic nitrogens is 3. The van der Waals surface area contributed by atoms with Gasteiger partial charge in [0, 0.05) is 12.8 Å². The molecule has 25 heavy (non-hydrogen) atoms. The second-order valence-electron chi connectivity index (χ2n) is 6.03. The summed E-state index contributed by atoms with van der Waals surface area (Å²) in [6.45, 7) is 0. The van der Waals surface area contributed by atoms with Crippen LogP contribution in [0.25, 0.3) is 0 Å². The quantitative estimate of drug-likeness (QED) is 0.730. The fourth-order valence-corrected chi connectivity index (χ4v) is 3.16. The Morgan fingerprint density at radius 1 is 1.28 bits per heavy atom. The molecule has 0 spiro atoms. The number of rotatable bonds is 6. The highest BCUT2D eigenvalue weighted by Crippen LogP contribution is 2.32. The number of halogens is 1. The van der Waals surface area contributed by atoms with Crippen molar-refractivity contribution < 1.29 is 13.6 Å². The molecule has 3 aromatic rings. The Bertz CT molecular complexity index is 886. The van der Waals surface area contributed by atoms with E-state index in [0.717, 1.165) is 17.0 Å². The molecule has 8 heteroatoms. The lowest BCUT2D eigenvalue weighted by atomic mass is 10.2. The van der Waals surface area contributed by atoms with Gasteiger partial charge in [-0.25, -0.2) is 9.37 Å². The van der Waals surface area contributed by atoms with Crippen LogP contribution in [0, 0.1) is 11.7 Å². The Morgan fingerprint density at radius 3 is 2.84 bits per heavy atom. The van der Waals surface area contributed by atoms with Crippen molar-refractivity contribution in [2.75, 3.05) is 5.32 Å². The number of carbonyl (C=O) groups is 1. The van der Waals surface area contributed by atoms with Crippen LogP contribution in [-0.4, -0.2) is 21.1 Å². The molecule has 0 unspecified atom stereocenters. The minimum Gasteiger partial charge on any atom is -0.448 e. The highest BCUT2D eigenvalue weighted by molar-refractivity contribution is 7.15. The average molecular weight is 358 g/mol. The van der Waals surface area contributed by atoms with Crippen molar-refractivity contribution in [1.82, 2.24) is 15.2 Å². The molecule has 1 fully saturated rings. The molecular weight excluding hydrogens is 343 g/mol. The van der Waals surface area contributed by atoms with Gasteiger partial charge in [-0.1, -0.05) is 23.5 Å². The fourth-order valence-electron chi connectivity index (χ4n) is 2.39. The lowest BCUT2D eigenvalue weighted by molar-refractivity contribution is 0.102. The number of anilines is 1. The Kier molecular flexibility index (Phi) is 4.27. The van der Waals surface area contributed by atoms with Crippen LogP contribution >= 0.6 is 11.3 Å². The minimum atomic E-state index is -0.365. The molecule has 0 atom stereocenters. The van der Waals surface area contributed by atoms with Crippen LogP contribution in [0.15, 0.2) is 34.9 Å². The van der Waals surface area contributed by atoms with Crippen molar-refractivity contribution in [2.45, 2.75) is 25.7 Å². The molecule has 0 aliphatic heterocycles. The summed E-state index contributed by atoms with van der Waals surface area (Å²) < 4.78 is 18.3. The summed E-state index contributed by atoms with van der Waals surface area (Å²) >= 11 is 1.28. The molecule has 4 rings (SSSR count). The molecule has 1 N–H and O–H groups in total. The third kappa shape index (κ3) is 4.08. The first-order chi connectivity index (χ1) is 12.2. The maximum absolute atomic E-state index is 12.9. The van der Waals surface area contributed by atoms with E-state index in [2.05, 4.69) is 20.5 Å². The molecular formula is C17H15FN4O2S. The normalized spacial score (nSPS) is 13.8. The third-order valence-electron chi connectivity index (χ3n) is 3.90. The summed E-state index contributed by atoms with van der Waals surface area (Å²) in [7, 11) is 0. The Balaban J connectivity index is 1.37. The molecule has 1 aromatic carbocycles. The smallest absolute Gasteiger partial charge is 0.279 e. The molecule has 1 aliphatic rings. The van der Waals surface area contributed by atoms with Crippen molar-refractivity contribution in [3.8, 4) is 0 Å². The maximum atomic E-state index is 12.9. The zero-order valence-corrected chi connectivity index (χ0v) is 14.1. The van der Waals surface area contributed by atoms with E-state index < -0.39 is 0 Å². The first-order valence-corrected chi connectivity index (χ1v) is 8.80. The summed E-state index contributed by atoms with van der Waals surface area (Å²) in [5.41, 5.74) is 1.17. The Hall–Kier alpha value is -2.61. The van der Waals surface area contributed by atoms with E-state index in [9.17, 15) is 9.18 Å². The topological polar surface area (TPSA) is 80.9 Å². The van der Waals surface area contributed by atoms with Crippen molar-refractivity contribution in [2.24, 2.45) is 5.92 Å². The van der Waals surface area contributed by atoms with Crippen molar-refractivity contribution in [1.29, 1.82) is 0 Å². The summed E-state index contributed by atoms with van der Waals surface area (Å²) in [4.78, 5) is 16.4.